The van der Waals surface area contributed by atoms with Gasteiger partial charge in [0, 0.05) is 65.0 Å². The predicted octanol–water partition coefficient (Wildman–Crippen LogP) is 9.01. The molecule has 1 atom stereocenters. The molecule has 7 rings (SSSR count). The Morgan fingerprint density at radius 3 is 2.38 bits per heavy atom. The Bertz CT molecular complexity index is 2360. The molecule has 0 spiro atoms. The van der Waals surface area contributed by atoms with Crippen molar-refractivity contribution in [1.29, 1.82) is 0 Å². The lowest BCUT2D eigenvalue weighted by atomic mass is 9.98. The maximum absolute atomic E-state index is 14.8. The first-order valence-corrected chi connectivity index (χ1v) is 17.4. The SMILES string of the molecule is Cc1cc(OCCCc2c3n(c4c(-c5c(C)nn(C)c5C)c(Cl)ccc24)[C@H](C)CN(c2ccc4cc(C(=O)O)n(C)c4c2)C3=O)cc(C)c1Cl. The zero-order valence-corrected chi connectivity index (χ0v) is 30.7. The minimum Gasteiger partial charge on any atom is -0.494 e. The molecule has 0 unspecified atom stereocenters. The first kappa shape index (κ1) is 33.8. The number of hydrogen-bond donors (Lipinski definition) is 1. The number of carbonyl (C=O) groups excluding carboxylic acids is 1. The first-order valence-electron chi connectivity index (χ1n) is 16.7. The highest BCUT2D eigenvalue weighted by Gasteiger charge is 2.37. The lowest BCUT2D eigenvalue weighted by molar-refractivity contribution is 0.0686. The Labute approximate surface area is 300 Å². The predicted molar refractivity (Wildman–Crippen MR) is 200 cm³/mol. The Kier molecular flexibility index (Phi) is 8.47. The van der Waals surface area contributed by atoms with E-state index >= 15 is 0 Å². The van der Waals surface area contributed by atoms with Crippen LogP contribution in [0.5, 0.6) is 5.75 Å². The molecule has 0 aliphatic carbocycles. The third-order valence-corrected chi connectivity index (χ3v) is 11.0. The third kappa shape index (κ3) is 5.34. The van der Waals surface area contributed by atoms with Gasteiger partial charge in [0.1, 0.15) is 17.1 Å². The van der Waals surface area contributed by atoms with E-state index in [0.717, 1.165) is 71.8 Å². The van der Waals surface area contributed by atoms with Gasteiger partial charge in [-0.2, -0.15) is 5.10 Å². The summed E-state index contributed by atoms with van der Waals surface area (Å²) in [5.74, 6) is -0.350. The fraction of sp³-hybridized carbons (Fsp3) is 0.308. The van der Waals surface area contributed by atoms with Gasteiger partial charge in [-0.15, -0.1) is 0 Å². The molecule has 3 aromatic carbocycles. The van der Waals surface area contributed by atoms with Crippen LogP contribution in [0.4, 0.5) is 5.69 Å². The van der Waals surface area contributed by atoms with Crippen LogP contribution in [0.1, 0.15) is 68.4 Å². The van der Waals surface area contributed by atoms with Crippen molar-refractivity contribution in [3.8, 4) is 16.9 Å². The summed E-state index contributed by atoms with van der Waals surface area (Å²) in [7, 11) is 3.66. The molecule has 3 aromatic heterocycles. The van der Waals surface area contributed by atoms with Gasteiger partial charge in [-0.3, -0.25) is 9.48 Å². The first-order chi connectivity index (χ1) is 23.8. The van der Waals surface area contributed by atoms with Crippen molar-refractivity contribution in [2.24, 2.45) is 14.1 Å². The smallest absolute Gasteiger partial charge is 0.352 e. The van der Waals surface area contributed by atoms with Crippen molar-refractivity contribution in [3.63, 3.8) is 0 Å². The van der Waals surface area contributed by atoms with Gasteiger partial charge in [0.2, 0.25) is 0 Å². The Hall–Kier alpha value is -4.73. The van der Waals surface area contributed by atoms with E-state index in [1.807, 2.05) is 86.8 Å². The van der Waals surface area contributed by atoms with E-state index in [0.29, 0.717) is 42.4 Å². The molecule has 1 aliphatic heterocycles. The Morgan fingerprint density at radius 2 is 1.72 bits per heavy atom. The van der Waals surface area contributed by atoms with Crippen LogP contribution in [0, 0.1) is 27.7 Å². The van der Waals surface area contributed by atoms with Crippen LogP contribution in [-0.4, -0.2) is 49.0 Å². The van der Waals surface area contributed by atoms with Crippen LogP contribution in [-0.2, 0) is 20.5 Å². The van der Waals surface area contributed by atoms with Gasteiger partial charge in [-0.05, 0) is 101 Å². The summed E-state index contributed by atoms with van der Waals surface area (Å²) in [6.07, 6.45) is 1.27. The lowest BCUT2D eigenvalue weighted by Crippen LogP contribution is -2.42. The molecule has 11 heteroatoms. The quantitative estimate of drug-likeness (QED) is 0.159. The summed E-state index contributed by atoms with van der Waals surface area (Å²) in [5.41, 5.74) is 9.77. The maximum atomic E-state index is 14.8. The monoisotopic (exact) mass is 711 g/mol. The number of aryl methyl sites for hydroxylation is 6. The Balaban J connectivity index is 1.35. The zero-order chi connectivity index (χ0) is 35.8. The number of aromatic nitrogens is 4. The molecule has 50 heavy (non-hydrogen) atoms. The molecule has 6 aromatic rings. The average Bonchev–Trinajstić information content (AvgIpc) is 3.67. The molecule has 1 N–H and O–H groups in total. The number of halogens is 2. The number of fused-ring (bicyclic) bond motifs is 4. The van der Waals surface area contributed by atoms with Gasteiger partial charge in [0.15, 0.2) is 0 Å². The van der Waals surface area contributed by atoms with Crippen molar-refractivity contribution in [3.05, 3.63) is 98.0 Å². The van der Waals surface area contributed by atoms with Crippen molar-refractivity contribution in [1.82, 2.24) is 18.9 Å². The molecule has 9 nitrogen and oxygen atoms in total. The summed E-state index contributed by atoms with van der Waals surface area (Å²) in [5, 5.41) is 17.5. The molecule has 4 heterocycles. The van der Waals surface area contributed by atoms with Gasteiger partial charge in [-0.25, -0.2) is 4.79 Å². The standard InChI is InChI=1S/C39H39Cl2N5O4/c1-20-15-27(16-21(2)35(20)41)50-14-8-9-28-29-12-13-30(40)34(33-23(4)42-44(7)24(33)5)36(29)46-22(3)19-45(38(47)37(28)46)26-11-10-25-17-32(39(48)49)43(6)31(25)18-26/h10-13,15-18,22H,8-9,14,19H2,1-7H3,(H,48,49)/t22-/m1/s1. The van der Waals surface area contributed by atoms with Crippen LogP contribution in [0.15, 0.2) is 48.5 Å². The number of rotatable bonds is 8. The fourth-order valence-corrected chi connectivity index (χ4v) is 8.00. The molecule has 0 saturated carbocycles. The number of amides is 1. The molecular weight excluding hydrogens is 673 g/mol. The number of carboxylic acid groups (broad SMARTS) is 1. The van der Waals surface area contributed by atoms with Gasteiger partial charge in [0.25, 0.3) is 5.91 Å². The molecule has 258 valence electrons. The average molecular weight is 713 g/mol. The van der Waals surface area contributed by atoms with Crippen LogP contribution in [0.25, 0.3) is 32.9 Å². The Morgan fingerprint density at radius 1 is 1.00 bits per heavy atom. The van der Waals surface area contributed by atoms with Crippen molar-refractivity contribution in [2.75, 3.05) is 18.1 Å². The zero-order valence-electron chi connectivity index (χ0n) is 29.2. The second kappa shape index (κ2) is 12.5. The third-order valence-electron chi connectivity index (χ3n) is 10.1. The summed E-state index contributed by atoms with van der Waals surface area (Å²) in [4.78, 5) is 28.5. The maximum Gasteiger partial charge on any atom is 0.352 e. The minimum atomic E-state index is -0.999. The topological polar surface area (TPSA) is 94.5 Å². The van der Waals surface area contributed by atoms with Crippen LogP contribution in [0.3, 0.4) is 0 Å². The lowest BCUT2D eigenvalue weighted by Gasteiger charge is -2.34. The molecule has 0 fully saturated rings. The van der Waals surface area contributed by atoms with Crippen molar-refractivity contribution in [2.45, 2.75) is 53.5 Å². The van der Waals surface area contributed by atoms with Crippen LogP contribution in [0.2, 0.25) is 10.0 Å². The summed E-state index contributed by atoms with van der Waals surface area (Å²) in [6, 6.07) is 15.1. The minimum absolute atomic E-state index is 0.108. The molecular formula is C39H39Cl2N5O4. The van der Waals surface area contributed by atoms with Crippen molar-refractivity contribution >= 4 is 62.6 Å². The number of carboxylic acids is 1. The van der Waals surface area contributed by atoms with Crippen molar-refractivity contribution < 1.29 is 19.4 Å². The second-order valence-corrected chi connectivity index (χ2v) is 14.2. The number of carbonyl (C=O) groups is 2. The summed E-state index contributed by atoms with van der Waals surface area (Å²) in [6.45, 7) is 11.0. The highest BCUT2D eigenvalue weighted by atomic mass is 35.5. The number of nitrogens with zero attached hydrogens (tertiary/aromatic N) is 5. The summed E-state index contributed by atoms with van der Waals surface area (Å²) < 4.78 is 11.9. The molecule has 0 bridgehead atoms. The largest absolute Gasteiger partial charge is 0.494 e. The highest BCUT2D eigenvalue weighted by molar-refractivity contribution is 6.35. The molecule has 0 saturated heterocycles. The van der Waals surface area contributed by atoms with E-state index in [4.69, 9.17) is 33.0 Å². The highest BCUT2D eigenvalue weighted by Crippen LogP contribution is 2.45. The van der Waals surface area contributed by atoms with E-state index in [-0.39, 0.29) is 17.6 Å². The van der Waals surface area contributed by atoms with Gasteiger partial charge >= 0.3 is 5.97 Å². The van der Waals surface area contributed by atoms with E-state index in [1.54, 1.807) is 17.7 Å². The van der Waals surface area contributed by atoms with Gasteiger partial charge in [0.05, 0.1) is 28.4 Å². The fourth-order valence-electron chi connectivity index (χ4n) is 7.64. The second-order valence-electron chi connectivity index (χ2n) is 13.4. The van der Waals surface area contributed by atoms with E-state index in [2.05, 4.69) is 11.5 Å². The summed E-state index contributed by atoms with van der Waals surface area (Å²) >= 11 is 13.4. The molecule has 0 radical (unpaired) electrons. The number of aromatic carboxylic acids is 1. The number of hydrogen-bond acceptors (Lipinski definition) is 4. The van der Waals surface area contributed by atoms with E-state index < -0.39 is 5.97 Å². The normalized spacial score (nSPS) is 14.6. The van der Waals surface area contributed by atoms with Gasteiger partial charge in [-0.1, -0.05) is 35.3 Å². The van der Waals surface area contributed by atoms with Gasteiger partial charge < -0.3 is 23.9 Å². The molecule has 1 amide bonds. The number of ether oxygens (including phenoxy) is 1. The van der Waals surface area contributed by atoms with E-state index in [1.165, 1.54) is 0 Å². The van der Waals surface area contributed by atoms with Crippen LogP contribution < -0.4 is 9.64 Å². The van der Waals surface area contributed by atoms with Crippen LogP contribution >= 0.6 is 23.2 Å². The number of benzene rings is 3. The van der Waals surface area contributed by atoms with E-state index in [9.17, 15) is 14.7 Å². The number of anilines is 1. The molecule has 1 aliphatic rings.